The van der Waals surface area contributed by atoms with E-state index in [0.29, 0.717) is 0 Å². The van der Waals surface area contributed by atoms with Crippen LogP contribution < -0.4 is 5.73 Å². The number of aliphatic carboxylic acids is 2. The topological polar surface area (TPSA) is 216 Å². The molecule has 34 heavy (non-hydrogen) atoms. The van der Waals surface area contributed by atoms with Crippen LogP contribution in [0.2, 0.25) is 4.34 Å². The predicted octanol–water partition coefficient (Wildman–Crippen LogP) is -0.966. The van der Waals surface area contributed by atoms with E-state index in [9.17, 15) is 33.3 Å². The molecule has 1 aromatic rings. The Morgan fingerprint density at radius 2 is 2.09 bits per heavy atom. The number of nitrogens with two attached hydrogens (primary N) is 1. The van der Waals surface area contributed by atoms with Crippen LogP contribution in [0.25, 0.3) is 0 Å². The zero-order chi connectivity index (χ0) is 24.9. The number of halogens is 1. The molecule has 0 unspecified atom stereocenters. The zero-order valence-corrected chi connectivity index (χ0v) is 19.2. The fourth-order valence-electron chi connectivity index (χ4n) is 4.18. The Bertz CT molecular complexity index is 1190. The molecule has 17 heteroatoms. The average molecular weight is 535 g/mol. The van der Waals surface area contributed by atoms with E-state index in [1.54, 1.807) is 0 Å². The first-order valence-electron chi connectivity index (χ1n) is 9.50. The van der Waals surface area contributed by atoms with E-state index < -0.39 is 82.1 Å². The Labute approximate surface area is 201 Å². The number of amides is 1. The van der Waals surface area contributed by atoms with Gasteiger partial charge < -0.3 is 25.5 Å². The lowest BCUT2D eigenvalue weighted by molar-refractivity contribution is -0.220. The van der Waals surface area contributed by atoms with Gasteiger partial charge in [0.2, 0.25) is 12.5 Å². The number of β-lactam (4-membered cyclic amide) rings is 1. The van der Waals surface area contributed by atoms with Crippen LogP contribution in [-0.2, 0) is 44.3 Å². The van der Waals surface area contributed by atoms with E-state index >= 15 is 0 Å². The predicted molar refractivity (Wildman–Crippen MR) is 113 cm³/mol. The maximum atomic E-state index is 13.0. The second-order valence-electron chi connectivity index (χ2n) is 7.54. The summed E-state index contributed by atoms with van der Waals surface area (Å²) >= 11 is 6.85. The van der Waals surface area contributed by atoms with Gasteiger partial charge in [0.1, 0.15) is 15.4 Å². The number of Topliss-reactive ketones (excluding diaryl/α,β-unsaturated/α-hetero) is 1. The van der Waals surface area contributed by atoms with Crippen molar-refractivity contribution in [1.29, 1.82) is 0 Å². The highest BCUT2D eigenvalue weighted by atomic mass is 35.5. The molecule has 0 bridgehead atoms. The quantitative estimate of drug-likeness (QED) is 0.159. The summed E-state index contributed by atoms with van der Waals surface area (Å²) in [6.45, 7) is -0.884. The summed E-state index contributed by atoms with van der Waals surface area (Å²) in [5.74, 6) is -7.91. The van der Waals surface area contributed by atoms with E-state index in [4.69, 9.17) is 27.2 Å². The minimum atomic E-state index is -2.28. The molecule has 3 saturated heterocycles. The van der Waals surface area contributed by atoms with Crippen molar-refractivity contribution in [2.45, 2.75) is 23.9 Å². The average Bonchev–Trinajstić information content (AvgIpc) is 3.25. The van der Waals surface area contributed by atoms with Gasteiger partial charge >= 0.3 is 17.9 Å². The number of hydrogen-bond donors (Lipinski definition) is 3. The highest BCUT2D eigenvalue weighted by molar-refractivity contribution is 7.85. The summed E-state index contributed by atoms with van der Waals surface area (Å²) in [5.41, 5.74) is 2.61. The summed E-state index contributed by atoms with van der Waals surface area (Å²) in [7, 11) is -1.78. The van der Waals surface area contributed by atoms with Crippen LogP contribution in [0.1, 0.15) is 18.5 Å². The number of nitrogens with zero attached hydrogens (tertiary/aromatic N) is 3. The van der Waals surface area contributed by atoms with E-state index in [0.717, 1.165) is 16.2 Å². The van der Waals surface area contributed by atoms with Gasteiger partial charge in [-0.1, -0.05) is 28.1 Å². The lowest BCUT2D eigenvalue weighted by Crippen LogP contribution is -2.78. The molecule has 182 valence electrons. The van der Waals surface area contributed by atoms with Crippen LogP contribution >= 0.6 is 22.9 Å². The number of rotatable bonds is 8. The van der Waals surface area contributed by atoms with Crippen molar-refractivity contribution in [3.05, 3.63) is 10.0 Å². The minimum absolute atomic E-state index is 0.0181. The standard InChI is InChI=1S/C17H15ClN4O10S2/c18-12-11(20-16(19)33-12)10(21-31-3-8(24)25)7(23)2-6-13(27)22-14(6)34(30)4-5-1-9(26)32-17(5,22)15(28)29/h5-6,14H,1-4H2,(H2,19,20)(H,24,25)(H,28,29)/b21-10+/t5-,6+,14+,17+,34-/m0/s1. The lowest BCUT2D eigenvalue weighted by atomic mass is 9.84. The summed E-state index contributed by atoms with van der Waals surface area (Å²) in [6, 6.07) is 0. The largest absolute Gasteiger partial charge is 0.479 e. The van der Waals surface area contributed by atoms with Gasteiger partial charge in [0.05, 0.1) is 18.3 Å². The van der Waals surface area contributed by atoms with Crippen LogP contribution in [0.5, 0.6) is 0 Å². The van der Waals surface area contributed by atoms with Crippen LogP contribution in [0.4, 0.5) is 5.13 Å². The summed E-state index contributed by atoms with van der Waals surface area (Å²) < 4.78 is 17.8. The molecule has 3 aliphatic rings. The highest BCUT2D eigenvalue weighted by Crippen LogP contribution is 2.50. The molecule has 14 nitrogen and oxygen atoms in total. The van der Waals surface area contributed by atoms with Gasteiger partial charge in [-0.15, -0.1) is 0 Å². The molecule has 4 rings (SSSR count). The molecule has 0 radical (unpaired) electrons. The fourth-order valence-corrected chi connectivity index (χ4v) is 7.12. The number of oxime groups is 1. The van der Waals surface area contributed by atoms with Gasteiger partial charge in [-0.25, -0.2) is 14.6 Å². The third-order valence-electron chi connectivity index (χ3n) is 5.53. The third kappa shape index (κ3) is 3.70. The Morgan fingerprint density at radius 1 is 1.38 bits per heavy atom. The second-order valence-corrected chi connectivity index (χ2v) is 10.7. The van der Waals surface area contributed by atoms with Gasteiger partial charge in [-0.3, -0.25) is 23.5 Å². The van der Waals surface area contributed by atoms with Gasteiger partial charge in [0.15, 0.2) is 16.6 Å². The number of nitrogen functional groups attached to an aromatic ring is 1. The molecule has 3 fully saturated rings. The van der Waals surface area contributed by atoms with E-state index in [1.165, 1.54) is 0 Å². The van der Waals surface area contributed by atoms with Crippen LogP contribution in [0.3, 0.4) is 0 Å². The molecule has 0 saturated carbocycles. The van der Waals surface area contributed by atoms with E-state index in [2.05, 4.69) is 15.0 Å². The number of carbonyl (C=O) groups excluding carboxylic acids is 3. The van der Waals surface area contributed by atoms with Crippen molar-refractivity contribution < 1.29 is 48.0 Å². The number of carboxylic acids is 2. The van der Waals surface area contributed by atoms with Gasteiger partial charge in [-0.05, 0) is 0 Å². The SMILES string of the molecule is Nc1nc(/C(=N/OCC(=O)O)C(=O)C[C@@H]2C(=O)N3[C@@H]2[S@@](=O)C[C@@H]2CC(=O)O[C@@]23C(=O)O)c(Cl)s1. The maximum Gasteiger partial charge on any atom is 0.370 e. The molecule has 0 spiro atoms. The van der Waals surface area contributed by atoms with E-state index in [1.807, 2.05) is 0 Å². The smallest absolute Gasteiger partial charge is 0.370 e. The van der Waals surface area contributed by atoms with Crippen molar-refractivity contribution in [2.24, 2.45) is 17.0 Å². The molecule has 1 amide bonds. The number of carboxylic acid groups (broad SMARTS) is 2. The molecule has 3 aliphatic heterocycles. The van der Waals surface area contributed by atoms with Crippen LogP contribution in [0.15, 0.2) is 5.16 Å². The molecular weight excluding hydrogens is 520 g/mol. The Morgan fingerprint density at radius 3 is 2.68 bits per heavy atom. The third-order valence-corrected chi connectivity index (χ3v) is 8.42. The number of anilines is 1. The first-order chi connectivity index (χ1) is 16.0. The number of ketones is 1. The zero-order valence-electron chi connectivity index (χ0n) is 16.8. The van der Waals surface area contributed by atoms with Crippen molar-refractivity contribution in [3.63, 3.8) is 0 Å². The van der Waals surface area contributed by atoms with Crippen molar-refractivity contribution in [2.75, 3.05) is 18.1 Å². The van der Waals surface area contributed by atoms with Crippen molar-refractivity contribution in [1.82, 2.24) is 9.88 Å². The first-order valence-corrected chi connectivity index (χ1v) is 12.1. The number of thiazole rings is 1. The highest BCUT2D eigenvalue weighted by Gasteiger charge is 2.72. The van der Waals surface area contributed by atoms with Gasteiger partial charge in [0.25, 0.3) is 5.72 Å². The number of ether oxygens (including phenoxy) is 1. The van der Waals surface area contributed by atoms with Crippen molar-refractivity contribution in [3.8, 4) is 0 Å². The molecule has 0 aromatic carbocycles. The lowest BCUT2D eigenvalue weighted by Gasteiger charge is -2.56. The Balaban J connectivity index is 1.61. The normalized spacial score (nSPS) is 30.1. The van der Waals surface area contributed by atoms with Crippen LogP contribution in [0, 0.1) is 11.8 Å². The molecule has 5 atom stereocenters. The molecule has 4 heterocycles. The summed E-state index contributed by atoms with van der Waals surface area (Å²) in [5, 5.41) is 20.8. The Hall–Kier alpha value is -3.11. The number of aromatic nitrogens is 1. The Kier molecular flexibility index (Phi) is 6.07. The van der Waals surface area contributed by atoms with Crippen molar-refractivity contribution >= 4 is 74.2 Å². The minimum Gasteiger partial charge on any atom is -0.479 e. The molecule has 1 aromatic heterocycles. The second kappa shape index (κ2) is 8.59. The van der Waals surface area contributed by atoms with Gasteiger partial charge in [-0.2, -0.15) is 0 Å². The number of esters is 1. The number of hydrogen-bond acceptors (Lipinski definition) is 12. The number of carbonyl (C=O) groups is 5. The maximum absolute atomic E-state index is 13.0. The first kappa shape index (κ1) is 24.0. The molecular formula is C17H15ClN4O10S2. The van der Waals surface area contributed by atoms with Gasteiger partial charge in [0, 0.05) is 23.0 Å². The van der Waals surface area contributed by atoms with Crippen LogP contribution in [-0.4, -0.2) is 83.1 Å². The summed E-state index contributed by atoms with van der Waals surface area (Å²) in [4.78, 5) is 69.8. The number of fused-ring (bicyclic) bond motifs is 3. The molecule has 0 aliphatic carbocycles. The fraction of sp³-hybridized carbons (Fsp3) is 0.471. The van der Waals surface area contributed by atoms with E-state index in [-0.39, 0.29) is 27.3 Å². The monoisotopic (exact) mass is 534 g/mol. The molecule has 4 N–H and O–H groups in total. The summed E-state index contributed by atoms with van der Waals surface area (Å²) in [6.07, 6.45) is -0.900.